The lowest BCUT2D eigenvalue weighted by atomic mass is 10.2. The van der Waals surface area contributed by atoms with Crippen molar-refractivity contribution < 1.29 is 21.6 Å². The maximum atomic E-state index is 12.9. The Hall–Kier alpha value is -2.27. The molecule has 1 saturated heterocycles. The Balaban J connectivity index is 1.72. The summed E-state index contributed by atoms with van der Waals surface area (Å²) < 4.78 is 52.8. The molecular weight excluding hydrogens is 438 g/mol. The molecule has 0 radical (unpaired) electrons. The van der Waals surface area contributed by atoms with Gasteiger partial charge >= 0.3 is 0 Å². The maximum absolute atomic E-state index is 12.9. The summed E-state index contributed by atoms with van der Waals surface area (Å²) in [4.78, 5) is 14.9. The second-order valence-corrected chi connectivity index (χ2v) is 11.8. The summed E-state index contributed by atoms with van der Waals surface area (Å²) >= 11 is 0. The van der Waals surface area contributed by atoms with Crippen molar-refractivity contribution in [3.63, 3.8) is 0 Å². The molecule has 168 valence electrons. The third-order valence-electron chi connectivity index (χ3n) is 5.28. The van der Waals surface area contributed by atoms with Gasteiger partial charge in [-0.2, -0.15) is 4.31 Å². The van der Waals surface area contributed by atoms with Gasteiger partial charge < -0.3 is 4.90 Å². The van der Waals surface area contributed by atoms with E-state index in [2.05, 4.69) is 0 Å². The molecule has 0 spiro atoms. The largest absolute Gasteiger partial charge is 0.337 e. The first-order valence-electron chi connectivity index (χ1n) is 9.92. The minimum atomic E-state index is -3.62. The van der Waals surface area contributed by atoms with Crippen LogP contribution in [-0.2, 0) is 20.0 Å². The summed E-state index contributed by atoms with van der Waals surface area (Å²) in [5, 5.41) is 0. The molecule has 10 heteroatoms. The van der Waals surface area contributed by atoms with Gasteiger partial charge in [0, 0.05) is 45.8 Å². The molecule has 2 aromatic carbocycles. The van der Waals surface area contributed by atoms with Crippen molar-refractivity contribution in [2.24, 2.45) is 0 Å². The van der Waals surface area contributed by atoms with Crippen LogP contribution >= 0.6 is 0 Å². The summed E-state index contributed by atoms with van der Waals surface area (Å²) in [6, 6.07) is 12.5. The van der Waals surface area contributed by atoms with Crippen molar-refractivity contribution in [3.05, 3.63) is 59.7 Å². The SMILES string of the molecule is Cc1ccc(S(=O)(=O)N2CCCN(C(=O)c3ccc(S(=O)(=O)N(C)C)cc3)CC2)cc1. The second-order valence-electron chi connectivity index (χ2n) is 7.67. The lowest BCUT2D eigenvalue weighted by Crippen LogP contribution is -2.37. The molecule has 1 aliphatic rings. The molecule has 1 amide bonds. The predicted molar refractivity (Wildman–Crippen MR) is 118 cm³/mol. The fourth-order valence-electron chi connectivity index (χ4n) is 3.36. The lowest BCUT2D eigenvalue weighted by Gasteiger charge is -2.22. The molecule has 0 bridgehead atoms. The molecule has 0 unspecified atom stereocenters. The molecule has 1 heterocycles. The van der Waals surface area contributed by atoms with Crippen LogP contribution in [0, 0.1) is 6.92 Å². The van der Waals surface area contributed by atoms with Gasteiger partial charge in [-0.3, -0.25) is 4.79 Å². The summed E-state index contributed by atoms with van der Waals surface area (Å²) in [6.07, 6.45) is 0.518. The van der Waals surface area contributed by atoms with Crippen molar-refractivity contribution in [2.45, 2.75) is 23.1 Å². The highest BCUT2D eigenvalue weighted by Crippen LogP contribution is 2.20. The number of benzene rings is 2. The van der Waals surface area contributed by atoms with Gasteiger partial charge in [0.05, 0.1) is 9.79 Å². The smallest absolute Gasteiger partial charge is 0.253 e. The zero-order valence-electron chi connectivity index (χ0n) is 17.9. The van der Waals surface area contributed by atoms with Gasteiger partial charge in [-0.05, 0) is 49.7 Å². The van der Waals surface area contributed by atoms with Crippen LogP contribution < -0.4 is 0 Å². The molecule has 3 rings (SSSR count). The first-order valence-corrected chi connectivity index (χ1v) is 12.8. The lowest BCUT2D eigenvalue weighted by molar-refractivity contribution is 0.0764. The molecule has 0 N–H and O–H groups in total. The topological polar surface area (TPSA) is 95.1 Å². The van der Waals surface area contributed by atoms with Crippen LogP contribution in [0.25, 0.3) is 0 Å². The number of carbonyl (C=O) groups excluding carboxylic acids is 1. The van der Waals surface area contributed by atoms with E-state index in [9.17, 15) is 21.6 Å². The second kappa shape index (κ2) is 9.07. The van der Waals surface area contributed by atoms with Crippen LogP contribution in [0.1, 0.15) is 22.3 Å². The molecular formula is C21H27N3O5S2. The summed E-state index contributed by atoms with van der Waals surface area (Å²) in [6.45, 7) is 3.13. The number of rotatable bonds is 5. The quantitative estimate of drug-likeness (QED) is 0.671. The van der Waals surface area contributed by atoms with E-state index in [0.29, 0.717) is 25.1 Å². The third-order valence-corrected chi connectivity index (χ3v) is 9.02. The standard InChI is InChI=1S/C21H27N3O5S2/c1-17-5-9-20(10-6-17)31(28,29)24-14-4-13-23(15-16-24)21(25)18-7-11-19(12-8-18)30(26,27)22(2)3/h5-12H,4,13-16H2,1-3H3. The summed E-state index contributed by atoms with van der Waals surface area (Å²) in [7, 11) is -4.30. The van der Waals surface area contributed by atoms with Gasteiger partial charge in [0.2, 0.25) is 20.0 Å². The zero-order valence-corrected chi connectivity index (χ0v) is 19.5. The molecule has 31 heavy (non-hydrogen) atoms. The van der Waals surface area contributed by atoms with E-state index < -0.39 is 20.0 Å². The normalized spacial score (nSPS) is 16.3. The Kier molecular flexibility index (Phi) is 6.85. The van der Waals surface area contributed by atoms with Crippen molar-refractivity contribution >= 4 is 26.0 Å². The predicted octanol–water partition coefficient (Wildman–Crippen LogP) is 1.78. The van der Waals surface area contributed by atoms with Crippen LogP contribution in [0.5, 0.6) is 0 Å². The number of nitrogens with zero attached hydrogens (tertiary/aromatic N) is 3. The van der Waals surface area contributed by atoms with Crippen molar-refractivity contribution in [3.8, 4) is 0 Å². The van der Waals surface area contributed by atoms with Gasteiger partial charge in [0.15, 0.2) is 0 Å². The molecule has 1 aliphatic heterocycles. The minimum absolute atomic E-state index is 0.111. The third kappa shape index (κ3) is 4.98. The average molecular weight is 466 g/mol. The van der Waals surface area contributed by atoms with E-state index in [-0.39, 0.29) is 28.8 Å². The Bertz CT molecular complexity index is 1140. The van der Waals surface area contributed by atoms with Gasteiger partial charge in [0.1, 0.15) is 0 Å². The Labute approximate surface area is 184 Å². The van der Waals surface area contributed by atoms with Gasteiger partial charge in [-0.25, -0.2) is 21.1 Å². The van der Waals surface area contributed by atoms with E-state index in [1.54, 1.807) is 29.2 Å². The van der Waals surface area contributed by atoms with E-state index >= 15 is 0 Å². The van der Waals surface area contributed by atoms with E-state index in [1.807, 2.05) is 6.92 Å². The highest BCUT2D eigenvalue weighted by molar-refractivity contribution is 7.89. The summed E-state index contributed by atoms with van der Waals surface area (Å²) in [5.74, 6) is -0.247. The fourth-order valence-corrected chi connectivity index (χ4v) is 5.73. The maximum Gasteiger partial charge on any atom is 0.253 e. The van der Waals surface area contributed by atoms with Crippen LogP contribution in [0.3, 0.4) is 0 Å². The van der Waals surface area contributed by atoms with Crippen LogP contribution in [0.4, 0.5) is 0 Å². The molecule has 1 fully saturated rings. The molecule has 0 atom stereocenters. The number of amides is 1. The zero-order chi connectivity index (χ0) is 22.8. The van der Waals surface area contributed by atoms with Gasteiger partial charge in [-0.15, -0.1) is 0 Å². The number of hydrogen-bond acceptors (Lipinski definition) is 5. The fraction of sp³-hybridized carbons (Fsp3) is 0.381. The minimum Gasteiger partial charge on any atom is -0.337 e. The van der Waals surface area contributed by atoms with Crippen LogP contribution in [0.2, 0.25) is 0 Å². The summed E-state index contributed by atoms with van der Waals surface area (Å²) in [5.41, 5.74) is 1.35. The molecule has 8 nitrogen and oxygen atoms in total. The molecule has 0 aromatic heterocycles. The highest BCUT2D eigenvalue weighted by atomic mass is 32.2. The molecule has 0 saturated carbocycles. The highest BCUT2D eigenvalue weighted by Gasteiger charge is 2.28. The number of carbonyl (C=O) groups is 1. The Morgan fingerprint density at radius 2 is 1.39 bits per heavy atom. The van der Waals surface area contributed by atoms with E-state index in [1.165, 1.54) is 42.7 Å². The van der Waals surface area contributed by atoms with Crippen LogP contribution in [0.15, 0.2) is 58.3 Å². The number of sulfonamides is 2. The average Bonchev–Trinajstić information content (AvgIpc) is 3.00. The number of aryl methyl sites for hydroxylation is 1. The van der Waals surface area contributed by atoms with Crippen molar-refractivity contribution in [1.29, 1.82) is 0 Å². The van der Waals surface area contributed by atoms with Gasteiger partial charge in [-0.1, -0.05) is 17.7 Å². The Morgan fingerprint density at radius 1 is 0.806 bits per heavy atom. The number of hydrogen-bond donors (Lipinski definition) is 0. The van der Waals surface area contributed by atoms with E-state index in [4.69, 9.17) is 0 Å². The van der Waals surface area contributed by atoms with Crippen molar-refractivity contribution in [2.75, 3.05) is 40.3 Å². The molecule has 2 aromatic rings. The first-order chi connectivity index (χ1) is 14.5. The van der Waals surface area contributed by atoms with Crippen LogP contribution in [-0.4, -0.2) is 76.5 Å². The van der Waals surface area contributed by atoms with Gasteiger partial charge in [0.25, 0.3) is 5.91 Å². The molecule has 0 aliphatic carbocycles. The Morgan fingerprint density at radius 3 is 1.97 bits per heavy atom. The first kappa shape index (κ1) is 23.4. The monoisotopic (exact) mass is 465 g/mol. The van der Waals surface area contributed by atoms with E-state index in [0.717, 1.165) is 9.87 Å². The van der Waals surface area contributed by atoms with Crippen molar-refractivity contribution in [1.82, 2.24) is 13.5 Å².